The van der Waals surface area contributed by atoms with Gasteiger partial charge in [0.2, 0.25) is 11.7 Å². The summed E-state index contributed by atoms with van der Waals surface area (Å²) in [5.41, 5.74) is 7.75. The third-order valence-corrected chi connectivity index (χ3v) is 5.30. The van der Waals surface area contributed by atoms with E-state index in [9.17, 15) is 0 Å². The summed E-state index contributed by atoms with van der Waals surface area (Å²) >= 11 is 0. The lowest BCUT2D eigenvalue weighted by Gasteiger charge is -2.21. The van der Waals surface area contributed by atoms with Crippen LogP contribution in [-0.2, 0) is 6.54 Å². The molecule has 1 aromatic heterocycles. The molecule has 1 heterocycles. The second kappa shape index (κ2) is 7.02. The fourth-order valence-corrected chi connectivity index (χ4v) is 3.87. The molecule has 2 aliphatic rings. The monoisotopic (exact) mass is 333 g/mol. The number of benzene rings is 1. The SMILES string of the molecule is Cl.NCc1ccc(-c2noc(C3CC3C3CCCCC3)n2)cc1. The Morgan fingerprint density at radius 3 is 2.52 bits per heavy atom. The van der Waals surface area contributed by atoms with E-state index in [4.69, 9.17) is 10.3 Å². The maximum Gasteiger partial charge on any atom is 0.230 e. The third-order valence-electron chi connectivity index (χ3n) is 5.30. The highest BCUT2D eigenvalue weighted by Gasteiger charge is 2.47. The first-order chi connectivity index (χ1) is 10.8. The van der Waals surface area contributed by atoms with Crippen LogP contribution in [0.15, 0.2) is 28.8 Å². The van der Waals surface area contributed by atoms with E-state index < -0.39 is 0 Å². The molecule has 0 bridgehead atoms. The smallest absolute Gasteiger partial charge is 0.230 e. The van der Waals surface area contributed by atoms with Gasteiger partial charge in [-0.1, -0.05) is 61.5 Å². The van der Waals surface area contributed by atoms with Gasteiger partial charge in [0, 0.05) is 18.0 Å². The number of hydrogen-bond acceptors (Lipinski definition) is 4. The Hall–Kier alpha value is -1.39. The van der Waals surface area contributed by atoms with Crippen LogP contribution in [0.3, 0.4) is 0 Å². The fourth-order valence-electron chi connectivity index (χ4n) is 3.87. The topological polar surface area (TPSA) is 64.9 Å². The molecular weight excluding hydrogens is 310 g/mol. The van der Waals surface area contributed by atoms with Gasteiger partial charge in [0.25, 0.3) is 0 Å². The maximum absolute atomic E-state index is 5.63. The van der Waals surface area contributed by atoms with Crippen LogP contribution >= 0.6 is 12.4 Å². The lowest BCUT2D eigenvalue weighted by molar-refractivity contribution is 0.305. The number of rotatable bonds is 4. The molecule has 2 aromatic rings. The molecule has 5 heteroatoms. The van der Waals surface area contributed by atoms with Crippen molar-refractivity contribution in [1.82, 2.24) is 10.1 Å². The maximum atomic E-state index is 5.63. The minimum atomic E-state index is 0. The lowest BCUT2D eigenvalue weighted by Crippen LogP contribution is -2.09. The molecule has 2 saturated carbocycles. The quantitative estimate of drug-likeness (QED) is 0.905. The van der Waals surface area contributed by atoms with E-state index in [-0.39, 0.29) is 12.4 Å². The number of nitrogens with zero attached hydrogens (tertiary/aromatic N) is 2. The van der Waals surface area contributed by atoms with Crippen LogP contribution in [0, 0.1) is 11.8 Å². The van der Waals surface area contributed by atoms with Crippen LogP contribution in [0.2, 0.25) is 0 Å². The zero-order valence-electron chi connectivity index (χ0n) is 13.3. The fraction of sp³-hybridized carbons (Fsp3) is 0.556. The number of aromatic nitrogens is 2. The molecule has 2 atom stereocenters. The molecule has 23 heavy (non-hydrogen) atoms. The number of hydrogen-bond donors (Lipinski definition) is 1. The van der Waals surface area contributed by atoms with Crippen molar-refractivity contribution < 1.29 is 4.52 Å². The number of halogens is 1. The van der Waals surface area contributed by atoms with Gasteiger partial charge in [0.05, 0.1) is 0 Å². The third kappa shape index (κ3) is 3.43. The van der Waals surface area contributed by atoms with Crippen molar-refractivity contribution in [2.75, 3.05) is 0 Å². The first-order valence-electron chi connectivity index (χ1n) is 8.48. The van der Waals surface area contributed by atoms with Crippen LogP contribution in [-0.4, -0.2) is 10.1 Å². The number of nitrogens with two attached hydrogens (primary N) is 1. The molecule has 124 valence electrons. The van der Waals surface area contributed by atoms with Crippen molar-refractivity contribution in [1.29, 1.82) is 0 Å². The van der Waals surface area contributed by atoms with Crippen molar-refractivity contribution in [3.8, 4) is 11.4 Å². The predicted octanol–water partition coefficient (Wildman–Crippen LogP) is 4.30. The van der Waals surface area contributed by atoms with Gasteiger partial charge in [-0.3, -0.25) is 0 Å². The van der Waals surface area contributed by atoms with Gasteiger partial charge in [-0.25, -0.2) is 0 Å². The minimum Gasteiger partial charge on any atom is -0.339 e. The summed E-state index contributed by atoms with van der Waals surface area (Å²) in [7, 11) is 0. The first-order valence-corrected chi connectivity index (χ1v) is 8.48. The van der Waals surface area contributed by atoms with E-state index in [2.05, 4.69) is 10.1 Å². The van der Waals surface area contributed by atoms with E-state index in [0.717, 1.165) is 28.9 Å². The Bertz CT molecular complexity index is 634. The van der Waals surface area contributed by atoms with Crippen LogP contribution in [0.1, 0.15) is 55.9 Å². The van der Waals surface area contributed by atoms with E-state index in [1.807, 2.05) is 24.3 Å². The molecular formula is C18H24ClN3O. The highest BCUT2D eigenvalue weighted by Crippen LogP contribution is 2.54. The molecule has 4 rings (SSSR count). The van der Waals surface area contributed by atoms with Crippen LogP contribution < -0.4 is 5.73 Å². The molecule has 0 radical (unpaired) electrons. The molecule has 2 aliphatic carbocycles. The van der Waals surface area contributed by atoms with Crippen molar-refractivity contribution >= 4 is 12.4 Å². The van der Waals surface area contributed by atoms with Crippen molar-refractivity contribution in [3.05, 3.63) is 35.7 Å². The van der Waals surface area contributed by atoms with Gasteiger partial charge in [0.1, 0.15) is 0 Å². The average molecular weight is 334 g/mol. The Morgan fingerprint density at radius 1 is 1.09 bits per heavy atom. The van der Waals surface area contributed by atoms with Crippen molar-refractivity contribution in [2.24, 2.45) is 17.6 Å². The Labute approximate surface area is 143 Å². The van der Waals surface area contributed by atoms with E-state index in [0.29, 0.717) is 18.3 Å². The lowest BCUT2D eigenvalue weighted by atomic mass is 9.85. The largest absolute Gasteiger partial charge is 0.339 e. The summed E-state index contributed by atoms with van der Waals surface area (Å²) in [6.07, 6.45) is 8.23. The summed E-state index contributed by atoms with van der Waals surface area (Å²) in [6.45, 7) is 0.558. The predicted molar refractivity (Wildman–Crippen MR) is 92.3 cm³/mol. The highest BCUT2D eigenvalue weighted by molar-refractivity contribution is 5.85. The molecule has 1 aromatic carbocycles. The molecule has 4 nitrogen and oxygen atoms in total. The van der Waals surface area contributed by atoms with Crippen molar-refractivity contribution in [3.63, 3.8) is 0 Å². The van der Waals surface area contributed by atoms with Crippen LogP contribution in [0.4, 0.5) is 0 Å². The van der Waals surface area contributed by atoms with Gasteiger partial charge in [0.15, 0.2) is 0 Å². The standard InChI is InChI=1S/C18H23N3O.ClH/c19-11-12-6-8-14(9-7-12)17-20-18(22-21-17)16-10-15(16)13-4-2-1-3-5-13;/h6-9,13,15-16H,1-5,10-11,19H2;1H. The second-order valence-corrected chi connectivity index (χ2v) is 6.76. The zero-order chi connectivity index (χ0) is 14.9. The van der Waals surface area contributed by atoms with Gasteiger partial charge in [-0.2, -0.15) is 4.98 Å². The van der Waals surface area contributed by atoms with Gasteiger partial charge in [-0.15, -0.1) is 12.4 Å². The van der Waals surface area contributed by atoms with E-state index >= 15 is 0 Å². The van der Waals surface area contributed by atoms with Gasteiger partial charge in [-0.05, 0) is 23.8 Å². The van der Waals surface area contributed by atoms with E-state index in [1.54, 1.807) is 0 Å². The molecule has 2 fully saturated rings. The molecule has 2 unspecified atom stereocenters. The second-order valence-electron chi connectivity index (χ2n) is 6.76. The van der Waals surface area contributed by atoms with Crippen molar-refractivity contribution in [2.45, 2.75) is 51.0 Å². The Morgan fingerprint density at radius 2 is 1.83 bits per heavy atom. The summed E-state index contributed by atoms with van der Waals surface area (Å²) < 4.78 is 5.53. The van der Waals surface area contributed by atoms with E-state index in [1.165, 1.54) is 38.5 Å². The first kappa shape index (κ1) is 16.5. The molecule has 0 saturated heterocycles. The normalized spacial score (nSPS) is 24.2. The summed E-state index contributed by atoms with van der Waals surface area (Å²) in [4.78, 5) is 4.63. The summed E-state index contributed by atoms with van der Waals surface area (Å²) in [5, 5.41) is 4.17. The minimum absolute atomic E-state index is 0. The molecule has 0 aliphatic heterocycles. The van der Waals surface area contributed by atoms with Crippen LogP contribution in [0.25, 0.3) is 11.4 Å². The zero-order valence-corrected chi connectivity index (χ0v) is 14.1. The van der Waals surface area contributed by atoms with Crippen LogP contribution in [0.5, 0.6) is 0 Å². The average Bonchev–Trinajstić information content (AvgIpc) is 3.24. The molecule has 0 spiro atoms. The Kier molecular flexibility index (Phi) is 5.02. The summed E-state index contributed by atoms with van der Waals surface area (Å²) in [6, 6.07) is 8.07. The van der Waals surface area contributed by atoms with Gasteiger partial charge >= 0.3 is 0 Å². The summed E-state index contributed by atoms with van der Waals surface area (Å²) in [5.74, 6) is 3.72. The Balaban J connectivity index is 0.00000156. The van der Waals surface area contributed by atoms with Gasteiger partial charge < -0.3 is 10.3 Å². The highest BCUT2D eigenvalue weighted by atomic mass is 35.5. The molecule has 0 amide bonds. The molecule has 2 N–H and O–H groups in total.